The van der Waals surface area contributed by atoms with Gasteiger partial charge in [0, 0.05) is 23.4 Å². The standard InChI is InChI=1S/C18H20N2O6/c1-5-26-18(22)15-11(3)19-10(2)14(17(21)25-4)16(15)12-7-6-8-13(9-12)20(23)24/h6-9,11,19H,5H2,1-4H3. The second-order valence-electron chi connectivity index (χ2n) is 5.67. The summed E-state index contributed by atoms with van der Waals surface area (Å²) in [4.78, 5) is 35.5. The van der Waals surface area contributed by atoms with Gasteiger partial charge < -0.3 is 14.8 Å². The van der Waals surface area contributed by atoms with Crippen LogP contribution in [0.1, 0.15) is 26.3 Å². The van der Waals surface area contributed by atoms with E-state index in [1.54, 1.807) is 26.8 Å². The number of hydrogen-bond donors (Lipinski definition) is 1. The predicted molar refractivity (Wildman–Crippen MR) is 94.0 cm³/mol. The van der Waals surface area contributed by atoms with Crippen LogP contribution in [0.2, 0.25) is 0 Å². The Balaban J connectivity index is 2.80. The first-order valence-corrected chi connectivity index (χ1v) is 8.04. The molecule has 26 heavy (non-hydrogen) atoms. The monoisotopic (exact) mass is 360 g/mol. The number of carbonyl (C=O) groups excluding carboxylic acids is 2. The van der Waals surface area contributed by atoms with Crippen molar-refractivity contribution in [1.29, 1.82) is 0 Å². The van der Waals surface area contributed by atoms with E-state index in [2.05, 4.69) is 5.32 Å². The lowest BCUT2D eigenvalue weighted by atomic mass is 9.85. The van der Waals surface area contributed by atoms with Crippen LogP contribution in [0.4, 0.5) is 5.69 Å². The Bertz CT molecular complexity index is 825. The number of nitro benzene ring substituents is 1. The summed E-state index contributed by atoms with van der Waals surface area (Å²) >= 11 is 0. The van der Waals surface area contributed by atoms with E-state index in [0.29, 0.717) is 11.3 Å². The third kappa shape index (κ3) is 3.58. The molecule has 2 rings (SSSR count). The molecule has 0 saturated heterocycles. The van der Waals surface area contributed by atoms with Crippen molar-refractivity contribution in [3.05, 3.63) is 56.8 Å². The molecule has 1 N–H and O–H groups in total. The highest BCUT2D eigenvalue weighted by Gasteiger charge is 2.34. The highest BCUT2D eigenvalue weighted by molar-refractivity contribution is 6.14. The molecule has 0 bridgehead atoms. The minimum Gasteiger partial charge on any atom is -0.465 e. The van der Waals surface area contributed by atoms with Gasteiger partial charge in [-0.1, -0.05) is 12.1 Å². The molecular weight excluding hydrogens is 340 g/mol. The lowest BCUT2D eigenvalue weighted by Gasteiger charge is -2.29. The van der Waals surface area contributed by atoms with Crippen molar-refractivity contribution in [2.24, 2.45) is 0 Å². The lowest BCUT2D eigenvalue weighted by Crippen LogP contribution is -2.37. The van der Waals surface area contributed by atoms with E-state index >= 15 is 0 Å². The highest BCUT2D eigenvalue weighted by Crippen LogP contribution is 2.36. The Morgan fingerprint density at radius 2 is 2.00 bits per heavy atom. The minimum absolute atomic E-state index is 0.147. The zero-order valence-corrected chi connectivity index (χ0v) is 15.0. The van der Waals surface area contributed by atoms with Crippen molar-refractivity contribution in [3.63, 3.8) is 0 Å². The summed E-state index contributed by atoms with van der Waals surface area (Å²) in [7, 11) is 1.23. The van der Waals surface area contributed by atoms with Crippen LogP contribution >= 0.6 is 0 Å². The maximum Gasteiger partial charge on any atom is 0.340 e. The quantitative estimate of drug-likeness (QED) is 0.488. The maximum absolute atomic E-state index is 12.5. The molecule has 1 unspecified atom stereocenters. The summed E-state index contributed by atoms with van der Waals surface area (Å²) in [6.45, 7) is 5.27. The normalized spacial score (nSPS) is 16.8. The van der Waals surface area contributed by atoms with Gasteiger partial charge in [0.05, 0.1) is 35.8 Å². The summed E-state index contributed by atoms with van der Waals surface area (Å²) in [5.74, 6) is -1.24. The van der Waals surface area contributed by atoms with E-state index in [1.807, 2.05) is 0 Å². The Morgan fingerprint density at radius 1 is 1.31 bits per heavy atom. The molecule has 1 aliphatic heterocycles. The van der Waals surface area contributed by atoms with Gasteiger partial charge in [-0.05, 0) is 26.3 Å². The van der Waals surface area contributed by atoms with Crippen molar-refractivity contribution in [3.8, 4) is 0 Å². The van der Waals surface area contributed by atoms with Crippen LogP contribution in [0.3, 0.4) is 0 Å². The number of methoxy groups -OCH3 is 1. The van der Waals surface area contributed by atoms with Crippen LogP contribution in [0.5, 0.6) is 0 Å². The third-order valence-electron chi connectivity index (χ3n) is 3.99. The summed E-state index contributed by atoms with van der Waals surface area (Å²) < 4.78 is 9.99. The van der Waals surface area contributed by atoms with E-state index in [0.717, 1.165) is 0 Å². The average Bonchev–Trinajstić information content (AvgIpc) is 2.60. The molecule has 1 aromatic carbocycles. The lowest BCUT2D eigenvalue weighted by molar-refractivity contribution is -0.384. The fourth-order valence-electron chi connectivity index (χ4n) is 2.93. The molecule has 0 fully saturated rings. The molecular formula is C18H20N2O6. The molecule has 1 aromatic rings. The topological polar surface area (TPSA) is 108 Å². The van der Waals surface area contributed by atoms with Crippen LogP contribution in [-0.4, -0.2) is 36.6 Å². The van der Waals surface area contributed by atoms with Crippen molar-refractivity contribution in [2.45, 2.75) is 26.8 Å². The fraction of sp³-hybridized carbons (Fsp3) is 0.333. The number of nitro groups is 1. The van der Waals surface area contributed by atoms with E-state index in [9.17, 15) is 19.7 Å². The molecule has 0 spiro atoms. The number of hydrogen-bond acceptors (Lipinski definition) is 7. The van der Waals surface area contributed by atoms with Crippen molar-refractivity contribution in [1.82, 2.24) is 5.32 Å². The molecule has 1 aliphatic rings. The van der Waals surface area contributed by atoms with Gasteiger partial charge in [0.15, 0.2) is 0 Å². The Labute approximate surface area is 150 Å². The molecule has 0 radical (unpaired) electrons. The van der Waals surface area contributed by atoms with Crippen molar-refractivity contribution >= 4 is 23.2 Å². The second-order valence-corrected chi connectivity index (χ2v) is 5.67. The number of non-ortho nitro benzene ring substituents is 1. The zero-order valence-electron chi connectivity index (χ0n) is 15.0. The highest BCUT2D eigenvalue weighted by atomic mass is 16.6. The average molecular weight is 360 g/mol. The largest absolute Gasteiger partial charge is 0.465 e. The van der Waals surface area contributed by atoms with Gasteiger partial charge in [-0.25, -0.2) is 9.59 Å². The summed E-state index contributed by atoms with van der Waals surface area (Å²) in [6, 6.07) is 5.32. The van der Waals surface area contributed by atoms with Gasteiger partial charge in [-0.15, -0.1) is 0 Å². The Kier molecular flexibility index (Phi) is 5.76. The SMILES string of the molecule is CCOC(=O)C1=C(c2cccc([N+](=O)[O-])c2)C(C(=O)OC)=C(C)NC1C. The molecule has 1 heterocycles. The minimum atomic E-state index is -0.648. The summed E-state index contributed by atoms with van der Waals surface area (Å²) in [6.07, 6.45) is 0. The predicted octanol–water partition coefficient (Wildman–Crippen LogP) is 2.35. The number of rotatable bonds is 5. The van der Waals surface area contributed by atoms with E-state index in [1.165, 1.54) is 25.3 Å². The van der Waals surface area contributed by atoms with E-state index < -0.39 is 22.9 Å². The number of benzene rings is 1. The van der Waals surface area contributed by atoms with Crippen LogP contribution < -0.4 is 5.32 Å². The number of esters is 2. The number of nitrogens with zero attached hydrogens (tertiary/aromatic N) is 1. The fourth-order valence-corrected chi connectivity index (χ4v) is 2.93. The molecule has 0 aromatic heterocycles. The first-order chi connectivity index (χ1) is 12.3. The molecule has 138 valence electrons. The van der Waals surface area contributed by atoms with Crippen molar-refractivity contribution < 1.29 is 24.0 Å². The van der Waals surface area contributed by atoms with Crippen LogP contribution in [-0.2, 0) is 19.1 Å². The van der Waals surface area contributed by atoms with Gasteiger partial charge >= 0.3 is 11.9 Å². The first kappa shape index (κ1) is 19.2. The molecule has 0 amide bonds. The number of nitrogens with one attached hydrogen (secondary N) is 1. The molecule has 8 heteroatoms. The van der Waals surface area contributed by atoms with E-state index in [-0.39, 0.29) is 29.0 Å². The van der Waals surface area contributed by atoms with Gasteiger partial charge in [0.1, 0.15) is 0 Å². The van der Waals surface area contributed by atoms with Crippen LogP contribution in [0.25, 0.3) is 5.57 Å². The number of carbonyl (C=O) groups is 2. The Hall–Kier alpha value is -3.16. The molecule has 1 atom stereocenters. The third-order valence-corrected chi connectivity index (χ3v) is 3.99. The molecule has 0 saturated carbocycles. The van der Waals surface area contributed by atoms with Gasteiger partial charge in [0.25, 0.3) is 5.69 Å². The molecule has 0 aliphatic carbocycles. The van der Waals surface area contributed by atoms with E-state index in [4.69, 9.17) is 9.47 Å². The first-order valence-electron chi connectivity index (χ1n) is 8.04. The second kappa shape index (κ2) is 7.81. The summed E-state index contributed by atoms with van der Waals surface area (Å²) in [5.41, 5.74) is 1.38. The number of ether oxygens (including phenoxy) is 2. The van der Waals surface area contributed by atoms with Crippen molar-refractivity contribution in [2.75, 3.05) is 13.7 Å². The van der Waals surface area contributed by atoms with Crippen LogP contribution in [0.15, 0.2) is 41.1 Å². The maximum atomic E-state index is 12.5. The zero-order chi connectivity index (χ0) is 19.4. The van der Waals surface area contributed by atoms with Gasteiger partial charge in [-0.3, -0.25) is 10.1 Å². The molecule has 8 nitrogen and oxygen atoms in total. The number of dihydropyridines is 1. The van der Waals surface area contributed by atoms with Gasteiger partial charge in [-0.2, -0.15) is 0 Å². The number of allylic oxidation sites excluding steroid dienone is 1. The summed E-state index contributed by atoms with van der Waals surface area (Å²) in [5, 5.41) is 14.2. The smallest absolute Gasteiger partial charge is 0.340 e. The Morgan fingerprint density at radius 3 is 2.58 bits per heavy atom. The van der Waals surface area contributed by atoms with Gasteiger partial charge in [0.2, 0.25) is 0 Å². The van der Waals surface area contributed by atoms with Crippen LogP contribution in [0, 0.1) is 10.1 Å².